The van der Waals surface area contributed by atoms with E-state index in [0.29, 0.717) is 19.0 Å². The fourth-order valence-electron chi connectivity index (χ4n) is 1.60. The van der Waals surface area contributed by atoms with Crippen molar-refractivity contribution in [2.75, 3.05) is 6.54 Å². The van der Waals surface area contributed by atoms with Gasteiger partial charge in [-0.3, -0.25) is 9.59 Å². The molecule has 0 saturated heterocycles. The van der Waals surface area contributed by atoms with Crippen LogP contribution in [0.4, 0.5) is 0 Å². The van der Waals surface area contributed by atoms with Gasteiger partial charge in [0.25, 0.3) is 0 Å². The summed E-state index contributed by atoms with van der Waals surface area (Å²) in [4.78, 5) is 23.1. The van der Waals surface area contributed by atoms with Gasteiger partial charge in [-0.25, -0.2) is 0 Å². The molecule has 1 aromatic carbocycles. The van der Waals surface area contributed by atoms with Gasteiger partial charge in [0.1, 0.15) is 5.75 Å². The molecule has 2 N–H and O–H groups in total. The molecular weight excluding hydrogens is 268 g/mol. The van der Waals surface area contributed by atoms with E-state index in [2.05, 4.69) is 10.6 Å². The van der Waals surface area contributed by atoms with Crippen molar-refractivity contribution in [2.45, 2.75) is 40.3 Å². The minimum atomic E-state index is -0.613. The summed E-state index contributed by atoms with van der Waals surface area (Å²) in [6.45, 7) is 8.68. The number of carbonyl (C=O) groups is 2. The van der Waals surface area contributed by atoms with Crippen molar-refractivity contribution >= 4 is 11.8 Å². The van der Waals surface area contributed by atoms with Gasteiger partial charge < -0.3 is 15.4 Å². The summed E-state index contributed by atoms with van der Waals surface area (Å²) in [5.74, 6) is -0.105. The molecule has 0 aliphatic rings. The highest BCUT2D eigenvalue weighted by molar-refractivity contribution is 6.35. The average molecular weight is 292 g/mol. The number of rotatable bonds is 6. The van der Waals surface area contributed by atoms with Gasteiger partial charge in [0, 0.05) is 13.1 Å². The van der Waals surface area contributed by atoms with Crippen LogP contribution in [0.3, 0.4) is 0 Å². The topological polar surface area (TPSA) is 67.4 Å². The number of amides is 2. The summed E-state index contributed by atoms with van der Waals surface area (Å²) in [5.41, 5.74) is 0.913. The molecule has 21 heavy (non-hydrogen) atoms. The van der Waals surface area contributed by atoms with Crippen LogP contribution >= 0.6 is 0 Å². The first-order valence-electron chi connectivity index (χ1n) is 7.20. The van der Waals surface area contributed by atoms with Crippen LogP contribution in [-0.2, 0) is 16.1 Å². The number of hydrogen-bond donors (Lipinski definition) is 2. The first kappa shape index (κ1) is 17.0. The van der Waals surface area contributed by atoms with E-state index in [0.717, 1.165) is 11.3 Å². The molecule has 0 unspecified atom stereocenters. The molecule has 0 spiro atoms. The van der Waals surface area contributed by atoms with E-state index in [1.807, 2.05) is 52.0 Å². The van der Waals surface area contributed by atoms with Gasteiger partial charge >= 0.3 is 11.8 Å². The number of benzene rings is 1. The molecule has 0 aliphatic carbocycles. The Morgan fingerprint density at radius 2 is 1.57 bits per heavy atom. The van der Waals surface area contributed by atoms with Crippen LogP contribution in [0.15, 0.2) is 24.3 Å². The third-order valence-electron chi connectivity index (χ3n) is 2.63. The van der Waals surface area contributed by atoms with Crippen molar-refractivity contribution in [3.8, 4) is 5.75 Å². The Hall–Kier alpha value is -2.04. The quantitative estimate of drug-likeness (QED) is 0.786. The number of hydrogen-bond acceptors (Lipinski definition) is 3. The largest absolute Gasteiger partial charge is 0.491 e. The average Bonchev–Trinajstić information content (AvgIpc) is 2.43. The van der Waals surface area contributed by atoms with Gasteiger partial charge in [0.05, 0.1) is 6.10 Å². The predicted molar refractivity (Wildman–Crippen MR) is 81.9 cm³/mol. The SMILES string of the molecule is CC(C)CNC(=O)C(=O)NCc1ccc(OC(C)C)cc1. The molecule has 0 aliphatic heterocycles. The molecule has 116 valence electrons. The summed E-state index contributed by atoms with van der Waals surface area (Å²) in [5, 5.41) is 5.17. The van der Waals surface area contributed by atoms with E-state index >= 15 is 0 Å². The lowest BCUT2D eigenvalue weighted by Crippen LogP contribution is -2.40. The van der Waals surface area contributed by atoms with Crippen LogP contribution in [-0.4, -0.2) is 24.5 Å². The van der Waals surface area contributed by atoms with E-state index in [9.17, 15) is 9.59 Å². The minimum Gasteiger partial charge on any atom is -0.491 e. The smallest absolute Gasteiger partial charge is 0.309 e. The van der Waals surface area contributed by atoms with Crippen LogP contribution in [0.2, 0.25) is 0 Å². The fraction of sp³-hybridized carbons (Fsp3) is 0.500. The third-order valence-corrected chi connectivity index (χ3v) is 2.63. The van der Waals surface area contributed by atoms with Gasteiger partial charge in [-0.05, 0) is 37.5 Å². The zero-order valence-corrected chi connectivity index (χ0v) is 13.1. The second kappa shape index (κ2) is 8.29. The Labute approximate surface area is 126 Å². The highest BCUT2D eigenvalue weighted by Crippen LogP contribution is 2.13. The van der Waals surface area contributed by atoms with Gasteiger partial charge in [-0.1, -0.05) is 26.0 Å². The van der Waals surface area contributed by atoms with Crippen LogP contribution in [0, 0.1) is 5.92 Å². The lowest BCUT2D eigenvalue weighted by Gasteiger charge is -2.11. The van der Waals surface area contributed by atoms with E-state index in [1.54, 1.807) is 0 Å². The summed E-state index contributed by atoms with van der Waals surface area (Å²) in [6, 6.07) is 7.43. The Bertz CT molecular complexity index is 467. The number of ether oxygens (including phenoxy) is 1. The Morgan fingerprint density at radius 1 is 1.00 bits per heavy atom. The van der Waals surface area contributed by atoms with Crippen molar-refractivity contribution in [3.63, 3.8) is 0 Å². The van der Waals surface area contributed by atoms with Gasteiger partial charge in [0.2, 0.25) is 0 Å². The molecule has 0 saturated carbocycles. The summed E-state index contributed by atoms with van der Waals surface area (Å²) in [6.07, 6.45) is 0.125. The van der Waals surface area contributed by atoms with Gasteiger partial charge in [-0.2, -0.15) is 0 Å². The molecule has 5 nitrogen and oxygen atoms in total. The lowest BCUT2D eigenvalue weighted by atomic mass is 10.2. The van der Waals surface area contributed by atoms with Crippen molar-refractivity contribution in [1.82, 2.24) is 10.6 Å². The van der Waals surface area contributed by atoms with Gasteiger partial charge in [0.15, 0.2) is 0 Å². The normalized spacial score (nSPS) is 10.6. The molecule has 0 atom stereocenters. The predicted octanol–water partition coefficient (Wildman–Crippen LogP) is 1.86. The standard InChI is InChI=1S/C16H24N2O3/c1-11(2)9-17-15(19)16(20)18-10-13-5-7-14(8-6-13)21-12(3)4/h5-8,11-12H,9-10H2,1-4H3,(H,17,19)(H,18,20). The molecule has 0 radical (unpaired) electrons. The van der Waals surface area contributed by atoms with Crippen molar-refractivity contribution in [1.29, 1.82) is 0 Å². The Morgan fingerprint density at radius 3 is 2.10 bits per heavy atom. The second-order valence-corrected chi connectivity index (χ2v) is 5.60. The van der Waals surface area contributed by atoms with Gasteiger partial charge in [-0.15, -0.1) is 0 Å². The van der Waals surface area contributed by atoms with Crippen molar-refractivity contribution in [2.24, 2.45) is 5.92 Å². The molecule has 1 rings (SSSR count). The van der Waals surface area contributed by atoms with E-state index in [1.165, 1.54) is 0 Å². The molecule has 0 fully saturated rings. The summed E-state index contributed by atoms with van der Waals surface area (Å²) < 4.78 is 5.54. The Balaban J connectivity index is 2.40. The van der Waals surface area contributed by atoms with E-state index in [-0.39, 0.29) is 6.10 Å². The molecule has 2 amide bonds. The van der Waals surface area contributed by atoms with E-state index < -0.39 is 11.8 Å². The van der Waals surface area contributed by atoms with Crippen molar-refractivity contribution < 1.29 is 14.3 Å². The van der Waals surface area contributed by atoms with Crippen LogP contribution < -0.4 is 15.4 Å². The molecule has 0 aromatic heterocycles. The van der Waals surface area contributed by atoms with E-state index in [4.69, 9.17) is 4.74 Å². The molecule has 1 aromatic rings. The minimum absolute atomic E-state index is 0.125. The highest BCUT2D eigenvalue weighted by atomic mass is 16.5. The third kappa shape index (κ3) is 6.79. The summed E-state index contributed by atoms with van der Waals surface area (Å²) in [7, 11) is 0. The monoisotopic (exact) mass is 292 g/mol. The van der Waals surface area contributed by atoms with Crippen LogP contribution in [0.5, 0.6) is 5.75 Å². The maximum Gasteiger partial charge on any atom is 0.309 e. The first-order chi connectivity index (χ1) is 9.88. The Kier molecular flexibility index (Phi) is 6.72. The van der Waals surface area contributed by atoms with Crippen LogP contribution in [0.25, 0.3) is 0 Å². The molecule has 0 heterocycles. The molecular formula is C16H24N2O3. The zero-order chi connectivity index (χ0) is 15.8. The maximum atomic E-state index is 11.6. The molecule has 5 heteroatoms. The highest BCUT2D eigenvalue weighted by Gasteiger charge is 2.12. The molecule has 0 bridgehead atoms. The number of nitrogens with one attached hydrogen (secondary N) is 2. The lowest BCUT2D eigenvalue weighted by molar-refractivity contribution is -0.139. The second-order valence-electron chi connectivity index (χ2n) is 5.60. The van der Waals surface area contributed by atoms with Crippen molar-refractivity contribution in [3.05, 3.63) is 29.8 Å². The maximum absolute atomic E-state index is 11.6. The van der Waals surface area contributed by atoms with Crippen LogP contribution in [0.1, 0.15) is 33.3 Å². The first-order valence-corrected chi connectivity index (χ1v) is 7.20. The fourth-order valence-corrected chi connectivity index (χ4v) is 1.60. The summed E-state index contributed by atoms with van der Waals surface area (Å²) >= 11 is 0. The zero-order valence-electron chi connectivity index (χ0n) is 13.1. The number of carbonyl (C=O) groups excluding carboxylic acids is 2.